The Morgan fingerprint density at radius 2 is 2.00 bits per heavy atom. The molecule has 0 bridgehead atoms. The lowest BCUT2D eigenvalue weighted by Gasteiger charge is -2.27. The largest absolute Gasteiger partial charge is 0.391 e. The molecule has 0 radical (unpaired) electrons. The molecule has 0 aromatic heterocycles. The molecule has 0 aliphatic carbocycles. The van der Waals surface area contributed by atoms with E-state index in [1.165, 1.54) is 21.3 Å². The van der Waals surface area contributed by atoms with Crippen LogP contribution in [0.5, 0.6) is 0 Å². The minimum Gasteiger partial charge on any atom is -0.391 e. The highest BCUT2D eigenvalue weighted by atomic mass is 32.2. The summed E-state index contributed by atoms with van der Waals surface area (Å²) in [5.41, 5.74) is 4.91. The first kappa shape index (κ1) is 19.5. The molecular weight excluding hydrogens is 380 g/mol. The van der Waals surface area contributed by atoms with Crippen LogP contribution in [0.2, 0.25) is 0 Å². The molecular formula is C15H20N4O7S. The molecule has 1 aromatic carbocycles. The Balaban J connectivity index is 2.01. The van der Waals surface area contributed by atoms with Crippen LogP contribution in [0.4, 0.5) is 11.4 Å². The normalized spacial score (nSPS) is 24.1. The summed E-state index contributed by atoms with van der Waals surface area (Å²) in [7, 11) is -3.91. The van der Waals surface area contributed by atoms with Gasteiger partial charge in [0, 0.05) is 32.1 Å². The molecule has 3 N–H and O–H groups in total. The Morgan fingerprint density at radius 1 is 1.33 bits per heavy atom. The number of aliphatic hydroxyl groups excluding tert-OH is 1. The number of carbonyl (C=O) groups is 1. The second kappa shape index (κ2) is 7.38. The number of amides is 1. The first-order valence-corrected chi connectivity index (χ1v) is 9.76. The van der Waals surface area contributed by atoms with Crippen LogP contribution < -0.4 is 10.6 Å². The molecule has 2 atom stereocenters. The van der Waals surface area contributed by atoms with Crippen LogP contribution in [0.1, 0.15) is 6.42 Å². The summed E-state index contributed by atoms with van der Waals surface area (Å²) in [4.78, 5) is 23.6. The van der Waals surface area contributed by atoms with Gasteiger partial charge in [-0.25, -0.2) is 8.42 Å². The van der Waals surface area contributed by atoms with Crippen molar-refractivity contribution in [1.82, 2.24) is 4.31 Å². The molecule has 1 aromatic rings. The summed E-state index contributed by atoms with van der Waals surface area (Å²) >= 11 is 0. The van der Waals surface area contributed by atoms with E-state index >= 15 is 0 Å². The molecule has 2 aliphatic rings. The predicted octanol–water partition coefficient (Wildman–Crippen LogP) is -0.959. The van der Waals surface area contributed by atoms with Crippen molar-refractivity contribution in [2.45, 2.75) is 23.5 Å². The van der Waals surface area contributed by atoms with Gasteiger partial charge >= 0.3 is 0 Å². The quantitative estimate of drug-likeness (QED) is 0.473. The van der Waals surface area contributed by atoms with E-state index in [1.807, 2.05) is 0 Å². The number of sulfonamides is 1. The number of nitrogens with two attached hydrogens (primary N) is 1. The predicted molar refractivity (Wildman–Crippen MR) is 93.6 cm³/mol. The second-order valence-corrected chi connectivity index (χ2v) is 8.32. The van der Waals surface area contributed by atoms with Gasteiger partial charge in [0.05, 0.1) is 29.1 Å². The van der Waals surface area contributed by atoms with E-state index in [9.17, 15) is 28.4 Å². The topological polar surface area (TPSA) is 156 Å². The Kier molecular flexibility index (Phi) is 5.33. The fourth-order valence-electron chi connectivity index (χ4n) is 3.34. The van der Waals surface area contributed by atoms with Crippen molar-refractivity contribution in [2.24, 2.45) is 5.73 Å². The third-order valence-corrected chi connectivity index (χ3v) is 6.56. The molecule has 27 heavy (non-hydrogen) atoms. The summed E-state index contributed by atoms with van der Waals surface area (Å²) in [6.45, 7) is 0.834. The van der Waals surface area contributed by atoms with Gasteiger partial charge in [0.2, 0.25) is 15.9 Å². The number of β-amino-alcohol motifs (C(OH)–C–C–N with tert-alkyl or cyclic N) is 1. The van der Waals surface area contributed by atoms with Gasteiger partial charge in [-0.15, -0.1) is 0 Å². The van der Waals surface area contributed by atoms with E-state index in [1.54, 1.807) is 0 Å². The van der Waals surface area contributed by atoms with Crippen molar-refractivity contribution in [1.29, 1.82) is 0 Å². The minimum absolute atomic E-state index is 0.00991. The Hall–Kier alpha value is -2.28. The molecule has 3 rings (SSSR count). The number of nitrogens with zero attached hydrogens (tertiary/aromatic N) is 3. The van der Waals surface area contributed by atoms with Gasteiger partial charge in [-0.1, -0.05) is 0 Å². The van der Waals surface area contributed by atoms with Gasteiger partial charge in [0.25, 0.3) is 5.69 Å². The Labute approximate surface area is 155 Å². The SMILES string of the molecule is NC(=O)C1CC(O)CN1c1ccc(S(=O)(=O)N2CCOCC2)cc1[N+](=O)[O-]. The van der Waals surface area contributed by atoms with E-state index in [4.69, 9.17) is 10.5 Å². The fourth-order valence-corrected chi connectivity index (χ4v) is 4.77. The number of rotatable bonds is 5. The lowest BCUT2D eigenvalue weighted by Crippen LogP contribution is -2.41. The molecule has 2 fully saturated rings. The lowest BCUT2D eigenvalue weighted by molar-refractivity contribution is -0.384. The third kappa shape index (κ3) is 3.74. The molecule has 12 heteroatoms. The van der Waals surface area contributed by atoms with Crippen LogP contribution in [-0.2, 0) is 19.6 Å². The summed E-state index contributed by atoms with van der Waals surface area (Å²) in [6, 6.07) is 2.61. The van der Waals surface area contributed by atoms with Gasteiger partial charge in [0.15, 0.2) is 0 Å². The van der Waals surface area contributed by atoms with Crippen molar-refractivity contribution in [3.63, 3.8) is 0 Å². The zero-order valence-corrected chi connectivity index (χ0v) is 15.2. The number of hydrogen-bond acceptors (Lipinski definition) is 8. The molecule has 0 spiro atoms. The van der Waals surface area contributed by atoms with E-state index in [-0.39, 0.29) is 49.9 Å². The number of nitro benzene ring substituents is 1. The second-order valence-electron chi connectivity index (χ2n) is 6.38. The van der Waals surface area contributed by atoms with E-state index in [2.05, 4.69) is 0 Å². The molecule has 2 aliphatic heterocycles. The molecule has 148 valence electrons. The van der Waals surface area contributed by atoms with Crippen LogP contribution in [0, 0.1) is 10.1 Å². The smallest absolute Gasteiger partial charge is 0.293 e. The number of hydrogen-bond donors (Lipinski definition) is 2. The number of carbonyl (C=O) groups excluding carboxylic acids is 1. The monoisotopic (exact) mass is 400 g/mol. The van der Waals surface area contributed by atoms with Crippen LogP contribution in [-0.4, -0.2) is 73.7 Å². The standard InChI is InChI=1S/C15H20N4O7S/c16-15(21)14-7-10(20)9-18(14)12-2-1-11(8-13(12)19(22)23)27(24,25)17-3-5-26-6-4-17/h1-2,8,10,14,20H,3-7,9H2,(H2,16,21). The lowest BCUT2D eigenvalue weighted by atomic mass is 10.1. The van der Waals surface area contributed by atoms with Crippen molar-refractivity contribution >= 4 is 27.3 Å². The first-order valence-electron chi connectivity index (χ1n) is 8.32. The van der Waals surface area contributed by atoms with Crippen molar-refractivity contribution in [3.05, 3.63) is 28.3 Å². The van der Waals surface area contributed by atoms with Gasteiger partial charge in [-0.2, -0.15) is 4.31 Å². The average molecular weight is 400 g/mol. The average Bonchev–Trinajstić information content (AvgIpc) is 3.04. The summed E-state index contributed by atoms with van der Waals surface area (Å²) < 4.78 is 31.8. The van der Waals surface area contributed by atoms with Crippen LogP contribution in [0.3, 0.4) is 0 Å². The van der Waals surface area contributed by atoms with Crippen molar-refractivity contribution < 1.29 is 28.0 Å². The third-order valence-electron chi connectivity index (χ3n) is 4.67. The highest BCUT2D eigenvalue weighted by molar-refractivity contribution is 7.89. The number of ether oxygens (including phenoxy) is 1. The molecule has 0 saturated carbocycles. The van der Waals surface area contributed by atoms with Crippen LogP contribution >= 0.6 is 0 Å². The minimum atomic E-state index is -3.91. The van der Waals surface area contributed by atoms with Crippen LogP contribution in [0.25, 0.3) is 0 Å². The number of nitro groups is 1. The molecule has 2 heterocycles. The van der Waals surface area contributed by atoms with E-state index in [0.29, 0.717) is 0 Å². The number of primary amides is 1. The Bertz CT molecular complexity index is 854. The van der Waals surface area contributed by atoms with Gasteiger partial charge in [0.1, 0.15) is 11.7 Å². The van der Waals surface area contributed by atoms with Crippen LogP contribution in [0.15, 0.2) is 23.1 Å². The molecule has 11 nitrogen and oxygen atoms in total. The molecule has 2 unspecified atom stereocenters. The first-order chi connectivity index (χ1) is 12.7. The number of aliphatic hydroxyl groups is 1. The summed E-state index contributed by atoms with van der Waals surface area (Å²) in [5, 5.41) is 21.4. The van der Waals surface area contributed by atoms with Crippen molar-refractivity contribution in [2.75, 3.05) is 37.7 Å². The summed E-state index contributed by atoms with van der Waals surface area (Å²) in [6.07, 6.45) is -0.806. The van der Waals surface area contributed by atoms with Gasteiger partial charge in [-0.3, -0.25) is 14.9 Å². The number of morpholine rings is 1. The van der Waals surface area contributed by atoms with Gasteiger partial charge < -0.3 is 20.5 Å². The van der Waals surface area contributed by atoms with E-state index in [0.717, 1.165) is 6.07 Å². The fraction of sp³-hybridized carbons (Fsp3) is 0.533. The Morgan fingerprint density at radius 3 is 2.59 bits per heavy atom. The highest BCUT2D eigenvalue weighted by Gasteiger charge is 2.38. The van der Waals surface area contributed by atoms with Crippen molar-refractivity contribution in [3.8, 4) is 0 Å². The zero-order chi connectivity index (χ0) is 19.8. The maximum absolute atomic E-state index is 12.7. The zero-order valence-electron chi connectivity index (χ0n) is 14.4. The number of anilines is 1. The van der Waals surface area contributed by atoms with E-state index < -0.39 is 38.7 Å². The maximum atomic E-state index is 12.7. The molecule has 2 saturated heterocycles. The van der Waals surface area contributed by atoms with Gasteiger partial charge in [-0.05, 0) is 12.1 Å². The maximum Gasteiger partial charge on any atom is 0.293 e. The summed E-state index contributed by atoms with van der Waals surface area (Å²) in [5.74, 6) is -0.717. The number of benzene rings is 1. The molecule has 1 amide bonds. The highest BCUT2D eigenvalue weighted by Crippen LogP contribution is 2.36.